The minimum atomic E-state index is -0.597. The molecule has 0 N–H and O–H groups in total. The zero-order chi connectivity index (χ0) is 18.0. The zero-order valence-electron chi connectivity index (χ0n) is 15.0. The zero-order valence-corrected chi connectivity index (χ0v) is 15.0. The Morgan fingerprint density at radius 2 is 2.20 bits per heavy atom. The second-order valence-corrected chi connectivity index (χ2v) is 6.80. The van der Waals surface area contributed by atoms with Crippen molar-refractivity contribution in [2.75, 3.05) is 40.3 Å². The molecule has 0 spiro atoms. The van der Waals surface area contributed by atoms with Gasteiger partial charge in [0.25, 0.3) is 5.91 Å². The molecule has 3 rings (SSSR count). The molecule has 0 bridgehead atoms. The summed E-state index contributed by atoms with van der Waals surface area (Å²) in [7, 11) is 3.90. The Labute approximate surface area is 147 Å². The molecule has 1 fully saturated rings. The van der Waals surface area contributed by atoms with Gasteiger partial charge in [-0.2, -0.15) is 4.39 Å². The number of pyridine rings is 1. The number of amides is 1. The average molecular weight is 348 g/mol. The number of carbonyl (C=O) groups is 1. The first-order valence-corrected chi connectivity index (χ1v) is 8.66. The van der Waals surface area contributed by atoms with Crippen LogP contribution in [0.1, 0.15) is 29.0 Å². The number of ether oxygens (including phenoxy) is 1. The number of likely N-dealkylation sites (N-methyl/N-ethyl adjacent to an activating group) is 1. The predicted molar refractivity (Wildman–Crippen MR) is 93.3 cm³/mol. The first-order valence-electron chi connectivity index (χ1n) is 8.66. The maximum Gasteiger partial charge on any atom is 0.277 e. The van der Waals surface area contributed by atoms with Crippen molar-refractivity contribution in [3.05, 3.63) is 35.5 Å². The van der Waals surface area contributed by atoms with Crippen molar-refractivity contribution in [1.82, 2.24) is 19.2 Å². The number of hydrogen-bond acceptors (Lipinski definition) is 4. The third-order valence-corrected chi connectivity index (χ3v) is 4.54. The van der Waals surface area contributed by atoms with Crippen LogP contribution in [0.15, 0.2) is 18.2 Å². The molecule has 2 aromatic heterocycles. The Bertz CT molecular complexity index is 753. The monoisotopic (exact) mass is 348 g/mol. The summed E-state index contributed by atoms with van der Waals surface area (Å²) in [5.74, 6) is -0.974. The lowest BCUT2D eigenvalue weighted by atomic mass is 10.2. The van der Waals surface area contributed by atoms with Crippen LogP contribution in [-0.2, 0) is 4.74 Å². The standard InChI is InChI=1S/C18H25FN4O2/c1-13-6-4-8-15-20-16(17(19)23(13)15)18(24)22(10-9-21(2)3)12-14-7-5-11-25-14/h4,6,8,14H,5,7,9-12H2,1-3H3/t14-/m0/s1. The summed E-state index contributed by atoms with van der Waals surface area (Å²) < 4.78 is 21.9. The van der Waals surface area contributed by atoms with Crippen LogP contribution in [0, 0.1) is 12.9 Å². The number of nitrogens with zero attached hydrogens (tertiary/aromatic N) is 4. The van der Waals surface area contributed by atoms with Crippen LogP contribution in [0.2, 0.25) is 0 Å². The van der Waals surface area contributed by atoms with Crippen molar-refractivity contribution >= 4 is 11.6 Å². The number of carbonyl (C=O) groups excluding carboxylic acids is 1. The fraction of sp³-hybridized carbons (Fsp3) is 0.556. The molecule has 1 aliphatic heterocycles. The topological polar surface area (TPSA) is 50.1 Å². The summed E-state index contributed by atoms with van der Waals surface area (Å²) in [5.41, 5.74) is 1.04. The van der Waals surface area contributed by atoms with Gasteiger partial charge in [-0.25, -0.2) is 4.98 Å². The quantitative estimate of drug-likeness (QED) is 0.801. The molecule has 1 atom stereocenters. The van der Waals surface area contributed by atoms with Gasteiger partial charge in [-0.1, -0.05) is 6.07 Å². The molecule has 6 nitrogen and oxygen atoms in total. The number of halogens is 1. The molecular weight excluding hydrogens is 323 g/mol. The minimum Gasteiger partial charge on any atom is -0.376 e. The number of fused-ring (bicyclic) bond motifs is 1. The summed E-state index contributed by atoms with van der Waals surface area (Å²) in [6, 6.07) is 5.31. The Morgan fingerprint density at radius 1 is 1.40 bits per heavy atom. The van der Waals surface area contributed by atoms with Crippen molar-refractivity contribution in [2.45, 2.75) is 25.9 Å². The Hall–Kier alpha value is -1.99. The molecule has 1 saturated heterocycles. The highest BCUT2D eigenvalue weighted by molar-refractivity contribution is 5.93. The third kappa shape index (κ3) is 3.82. The molecule has 0 unspecified atom stereocenters. The molecule has 0 aliphatic carbocycles. The highest BCUT2D eigenvalue weighted by atomic mass is 19.1. The van der Waals surface area contributed by atoms with E-state index in [0.29, 0.717) is 31.0 Å². The number of imidazole rings is 1. The van der Waals surface area contributed by atoms with E-state index in [2.05, 4.69) is 4.98 Å². The molecular formula is C18H25FN4O2. The van der Waals surface area contributed by atoms with Crippen LogP contribution in [0.4, 0.5) is 4.39 Å². The highest BCUT2D eigenvalue weighted by Gasteiger charge is 2.28. The molecule has 0 saturated carbocycles. The van der Waals surface area contributed by atoms with Crippen molar-refractivity contribution in [2.24, 2.45) is 0 Å². The summed E-state index contributed by atoms with van der Waals surface area (Å²) in [6.45, 7) is 4.20. The van der Waals surface area contributed by atoms with Crippen LogP contribution in [-0.4, -0.2) is 71.5 Å². The summed E-state index contributed by atoms with van der Waals surface area (Å²) in [4.78, 5) is 20.9. The van der Waals surface area contributed by atoms with Gasteiger partial charge in [-0.05, 0) is 46.0 Å². The van der Waals surface area contributed by atoms with Gasteiger partial charge < -0.3 is 14.5 Å². The molecule has 2 aromatic rings. The smallest absolute Gasteiger partial charge is 0.277 e. The highest BCUT2D eigenvalue weighted by Crippen LogP contribution is 2.18. The van der Waals surface area contributed by atoms with Gasteiger partial charge in [-0.3, -0.25) is 9.20 Å². The molecule has 1 amide bonds. The van der Waals surface area contributed by atoms with Crippen molar-refractivity contribution < 1.29 is 13.9 Å². The van der Waals surface area contributed by atoms with E-state index in [1.54, 1.807) is 24.0 Å². The molecule has 3 heterocycles. The predicted octanol–water partition coefficient (Wildman–Crippen LogP) is 1.96. The third-order valence-electron chi connectivity index (χ3n) is 4.54. The van der Waals surface area contributed by atoms with E-state index in [1.165, 1.54) is 4.40 Å². The Kier molecular flexibility index (Phi) is 5.34. The largest absolute Gasteiger partial charge is 0.376 e. The van der Waals surface area contributed by atoms with E-state index in [0.717, 1.165) is 19.4 Å². The fourth-order valence-corrected chi connectivity index (χ4v) is 3.13. The first-order chi connectivity index (χ1) is 12.0. The van der Waals surface area contributed by atoms with E-state index in [1.807, 2.05) is 25.1 Å². The second kappa shape index (κ2) is 7.49. The fourth-order valence-electron chi connectivity index (χ4n) is 3.13. The molecule has 25 heavy (non-hydrogen) atoms. The average Bonchev–Trinajstić information content (AvgIpc) is 3.19. The van der Waals surface area contributed by atoms with Gasteiger partial charge in [0.15, 0.2) is 5.69 Å². The number of aryl methyl sites for hydroxylation is 1. The molecule has 7 heteroatoms. The summed E-state index contributed by atoms with van der Waals surface area (Å²) >= 11 is 0. The van der Waals surface area contributed by atoms with Crippen LogP contribution >= 0.6 is 0 Å². The van der Waals surface area contributed by atoms with Gasteiger partial charge in [0.1, 0.15) is 5.65 Å². The number of hydrogen-bond donors (Lipinski definition) is 0. The Balaban J connectivity index is 1.87. The molecule has 0 aromatic carbocycles. The van der Waals surface area contributed by atoms with Gasteiger partial charge in [0.2, 0.25) is 5.95 Å². The Morgan fingerprint density at radius 3 is 2.84 bits per heavy atom. The van der Waals surface area contributed by atoms with E-state index in [4.69, 9.17) is 4.74 Å². The summed E-state index contributed by atoms with van der Waals surface area (Å²) in [5, 5.41) is 0. The molecule has 0 radical (unpaired) electrons. The van der Waals surface area contributed by atoms with Gasteiger partial charge >= 0.3 is 0 Å². The maximum atomic E-state index is 14.8. The van der Waals surface area contributed by atoms with Gasteiger partial charge in [0.05, 0.1) is 6.10 Å². The van der Waals surface area contributed by atoms with Crippen LogP contribution in [0.3, 0.4) is 0 Å². The maximum absolute atomic E-state index is 14.8. The van der Waals surface area contributed by atoms with Crippen LogP contribution in [0.5, 0.6) is 0 Å². The lowest BCUT2D eigenvalue weighted by Crippen LogP contribution is -2.41. The van der Waals surface area contributed by atoms with E-state index in [-0.39, 0.29) is 17.7 Å². The SMILES string of the molecule is Cc1cccc2nc(C(=O)N(CCN(C)C)C[C@@H]3CCCO3)c(F)n12. The molecule has 1 aliphatic rings. The van der Waals surface area contributed by atoms with Gasteiger partial charge in [-0.15, -0.1) is 0 Å². The minimum absolute atomic E-state index is 0.0212. The van der Waals surface area contributed by atoms with Crippen molar-refractivity contribution in [3.8, 4) is 0 Å². The van der Waals surface area contributed by atoms with E-state index < -0.39 is 5.95 Å². The lowest BCUT2D eigenvalue weighted by molar-refractivity contribution is 0.0504. The summed E-state index contributed by atoms with van der Waals surface area (Å²) in [6.07, 6.45) is 1.95. The van der Waals surface area contributed by atoms with Crippen LogP contribution < -0.4 is 0 Å². The van der Waals surface area contributed by atoms with Crippen molar-refractivity contribution in [1.29, 1.82) is 0 Å². The van der Waals surface area contributed by atoms with Crippen LogP contribution in [0.25, 0.3) is 5.65 Å². The number of aromatic nitrogens is 2. The normalized spacial score (nSPS) is 17.6. The second-order valence-electron chi connectivity index (χ2n) is 6.80. The van der Waals surface area contributed by atoms with Crippen molar-refractivity contribution in [3.63, 3.8) is 0 Å². The lowest BCUT2D eigenvalue weighted by Gasteiger charge is -2.26. The number of rotatable bonds is 6. The first kappa shape index (κ1) is 17.8. The van der Waals surface area contributed by atoms with E-state index >= 15 is 0 Å². The molecule has 136 valence electrons. The van der Waals surface area contributed by atoms with E-state index in [9.17, 15) is 9.18 Å². The van der Waals surface area contributed by atoms with Gasteiger partial charge in [0, 0.05) is 31.9 Å².